The van der Waals surface area contributed by atoms with Gasteiger partial charge in [-0.15, -0.1) is 11.3 Å². The summed E-state index contributed by atoms with van der Waals surface area (Å²) in [4.78, 5) is 1.11. The summed E-state index contributed by atoms with van der Waals surface area (Å²) in [5.74, 6) is 0. The van der Waals surface area contributed by atoms with Crippen LogP contribution in [0.15, 0.2) is 18.2 Å². The lowest BCUT2D eigenvalue weighted by atomic mass is 9.86. The molecule has 2 rings (SSSR count). The van der Waals surface area contributed by atoms with Gasteiger partial charge < -0.3 is 0 Å². The highest BCUT2D eigenvalue weighted by atomic mass is 32.1. The fourth-order valence-electron chi connectivity index (χ4n) is 1.83. The van der Waals surface area contributed by atoms with Gasteiger partial charge in [-0.25, -0.2) is 0 Å². The number of nitrogens with zero attached hydrogens (tertiary/aromatic N) is 1. The van der Waals surface area contributed by atoms with E-state index in [1.807, 2.05) is 6.92 Å². The van der Waals surface area contributed by atoms with Crippen LogP contribution < -0.4 is 0 Å². The minimum Gasteiger partial charge on any atom is -0.192 e. The van der Waals surface area contributed by atoms with E-state index >= 15 is 0 Å². The lowest BCUT2D eigenvalue weighted by Crippen LogP contribution is -2.10. The molecule has 16 heavy (non-hydrogen) atoms. The van der Waals surface area contributed by atoms with E-state index in [-0.39, 0.29) is 5.41 Å². The third kappa shape index (κ3) is 1.72. The first-order valence-corrected chi connectivity index (χ1v) is 6.19. The first-order chi connectivity index (χ1) is 7.43. The Bertz CT molecular complexity index is 579. The van der Waals surface area contributed by atoms with Gasteiger partial charge in [0.2, 0.25) is 0 Å². The van der Waals surface area contributed by atoms with E-state index in [4.69, 9.17) is 5.26 Å². The largest absolute Gasteiger partial charge is 0.192 e. The van der Waals surface area contributed by atoms with Crippen molar-refractivity contribution in [3.05, 3.63) is 34.2 Å². The Labute approximate surface area is 100 Å². The highest BCUT2D eigenvalue weighted by Gasteiger charge is 2.16. The molecule has 0 bridgehead atoms. The van der Waals surface area contributed by atoms with Crippen LogP contribution in [0.25, 0.3) is 10.1 Å². The van der Waals surface area contributed by atoms with Gasteiger partial charge in [0.25, 0.3) is 0 Å². The van der Waals surface area contributed by atoms with Crippen LogP contribution >= 0.6 is 11.3 Å². The van der Waals surface area contributed by atoms with Crippen molar-refractivity contribution in [2.45, 2.75) is 33.1 Å². The van der Waals surface area contributed by atoms with Crippen LogP contribution in [-0.2, 0) is 5.41 Å². The van der Waals surface area contributed by atoms with Crippen LogP contribution in [-0.4, -0.2) is 0 Å². The fraction of sp³-hybridized carbons (Fsp3) is 0.357. The van der Waals surface area contributed by atoms with E-state index in [1.54, 1.807) is 11.3 Å². The third-order valence-electron chi connectivity index (χ3n) is 2.84. The number of nitriles is 1. The maximum atomic E-state index is 9.16. The van der Waals surface area contributed by atoms with Gasteiger partial charge in [0.15, 0.2) is 0 Å². The van der Waals surface area contributed by atoms with Crippen molar-refractivity contribution < 1.29 is 0 Å². The van der Waals surface area contributed by atoms with Gasteiger partial charge in [-0.1, -0.05) is 26.8 Å². The predicted molar refractivity (Wildman–Crippen MR) is 70.0 cm³/mol. The number of thiophene rings is 1. The topological polar surface area (TPSA) is 23.8 Å². The van der Waals surface area contributed by atoms with Gasteiger partial charge in [0.1, 0.15) is 6.07 Å². The van der Waals surface area contributed by atoms with Crippen LogP contribution in [0.2, 0.25) is 0 Å². The van der Waals surface area contributed by atoms with Crippen LogP contribution in [0.1, 0.15) is 36.8 Å². The Kier molecular flexibility index (Phi) is 2.52. The molecule has 0 aliphatic rings. The average molecular weight is 229 g/mol. The first-order valence-electron chi connectivity index (χ1n) is 5.37. The molecule has 82 valence electrons. The van der Waals surface area contributed by atoms with Crippen molar-refractivity contribution in [3.63, 3.8) is 0 Å². The molecule has 0 saturated heterocycles. The SMILES string of the molecule is Cc1sc2ccc(C(C)(C)C)cc2c1C#N. The Morgan fingerprint density at radius 2 is 1.94 bits per heavy atom. The van der Waals surface area contributed by atoms with E-state index in [2.05, 4.69) is 45.0 Å². The van der Waals surface area contributed by atoms with Gasteiger partial charge in [0.05, 0.1) is 5.56 Å². The smallest absolute Gasteiger partial charge is 0.101 e. The lowest BCUT2D eigenvalue weighted by Gasteiger charge is -2.18. The zero-order valence-corrected chi connectivity index (χ0v) is 10.9. The molecule has 0 aliphatic heterocycles. The number of aryl methyl sites for hydroxylation is 1. The van der Waals surface area contributed by atoms with E-state index < -0.39 is 0 Å². The van der Waals surface area contributed by atoms with Crippen molar-refractivity contribution in [2.75, 3.05) is 0 Å². The standard InChI is InChI=1S/C14H15NS/c1-9-12(8-15)11-7-10(14(2,3)4)5-6-13(11)16-9/h5-7H,1-4H3. The Morgan fingerprint density at radius 1 is 1.25 bits per heavy atom. The molecule has 0 radical (unpaired) electrons. The highest BCUT2D eigenvalue weighted by Crippen LogP contribution is 2.33. The van der Waals surface area contributed by atoms with Gasteiger partial charge in [0, 0.05) is 15.0 Å². The van der Waals surface area contributed by atoms with E-state index in [0.29, 0.717) is 0 Å². The molecule has 0 atom stereocenters. The summed E-state index contributed by atoms with van der Waals surface area (Å²) in [5, 5.41) is 10.3. The molecule has 0 N–H and O–H groups in total. The summed E-state index contributed by atoms with van der Waals surface area (Å²) in [6.45, 7) is 8.60. The Morgan fingerprint density at radius 3 is 2.50 bits per heavy atom. The van der Waals surface area contributed by atoms with Crippen molar-refractivity contribution >= 4 is 21.4 Å². The Balaban J connectivity index is 2.75. The zero-order valence-electron chi connectivity index (χ0n) is 10.1. The van der Waals surface area contributed by atoms with Crippen LogP contribution in [0.5, 0.6) is 0 Å². The minimum atomic E-state index is 0.136. The highest BCUT2D eigenvalue weighted by molar-refractivity contribution is 7.19. The summed E-state index contributed by atoms with van der Waals surface area (Å²) in [6, 6.07) is 8.77. The Hall–Kier alpha value is -1.33. The number of hydrogen-bond acceptors (Lipinski definition) is 2. The second-order valence-corrected chi connectivity index (χ2v) is 6.36. The summed E-state index contributed by atoms with van der Waals surface area (Å²) in [7, 11) is 0. The van der Waals surface area contributed by atoms with Crippen LogP contribution in [0.4, 0.5) is 0 Å². The van der Waals surface area contributed by atoms with E-state index in [9.17, 15) is 0 Å². The van der Waals surface area contributed by atoms with E-state index in [1.165, 1.54) is 10.3 Å². The summed E-state index contributed by atoms with van der Waals surface area (Å²) >= 11 is 1.70. The van der Waals surface area contributed by atoms with Crippen LogP contribution in [0.3, 0.4) is 0 Å². The molecule has 0 amide bonds. The number of fused-ring (bicyclic) bond motifs is 1. The second-order valence-electron chi connectivity index (χ2n) is 5.11. The van der Waals surface area contributed by atoms with Crippen LogP contribution in [0, 0.1) is 18.3 Å². The third-order valence-corrected chi connectivity index (χ3v) is 3.93. The molecule has 0 saturated carbocycles. The van der Waals surface area contributed by atoms with Crippen molar-refractivity contribution in [1.82, 2.24) is 0 Å². The van der Waals surface area contributed by atoms with Gasteiger partial charge in [-0.05, 0) is 30.0 Å². The molecule has 1 nitrogen and oxygen atoms in total. The minimum absolute atomic E-state index is 0.136. The predicted octanol–water partition coefficient (Wildman–Crippen LogP) is 4.38. The molecule has 0 unspecified atom stereocenters. The van der Waals surface area contributed by atoms with Gasteiger partial charge >= 0.3 is 0 Å². The molecule has 2 aromatic rings. The quantitative estimate of drug-likeness (QED) is 0.657. The summed E-state index contributed by atoms with van der Waals surface area (Å²) in [6.07, 6.45) is 0. The molecule has 1 aromatic carbocycles. The lowest BCUT2D eigenvalue weighted by molar-refractivity contribution is 0.591. The molecule has 0 aliphatic carbocycles. The monoisotopic (exact) mass is 229 g/mol. The molecule has 2 heteroatoms. The zero-order chi connectivity index (χ0) is 11.9. The molecule has 1 heterocycles. The molecular weight excluding hydrogens is 214 g/mol. The average Bonchev–Trinajstić information content (AvgIpc) is 2.50. The maximum absolute atomic E-state index is 9.16. The molecule has 0 spiro atoms. The first kappa shape index (κ1) is 11.2. The van der Waals surface area contributed by atoms with Crippen molar-refractivity contribution in [2.24, 2.45) is 0 Å². The normalized spacial score (nSPS) is 11.7. The molecule has 0 fully saturated rings. The van der Waals surface area contributed by atoms with Gasteiger partial charge in [-0.2, -0.15) is 5.26 Å². The second kappa shape index (κ2) is 3.61. The van der Waals surface area contributed by atoms with Crippen molar-refractivity contribution in [3.8, 4) is 6.07 Å². The van der Waals surface area contributed by atoms with Crippen molar-refractivity contribution in [1.29, 1.82) is 5.26 Å². The number of benzene rings is 1. The number of hydrogen-bond donors (Lipinski definition) is 0. The fourth-order valence-corrected chi connectivity index (χ4v) is 2.82. The van der Waals surface area contributed by atoms with Gasteiger partial charge in [-0.3, -0.25) is 0 Å². The number of rotatable bonds is 0. The van der Waals surface area contributed by atoms with E-state index in [0.717, 1.165) is 15.8 Å². The summed E-state index contributed by atoms with van der Waals surface area (Å²) < 4.78 is 1.21. The summed E-state index contributed by atoms with van der Waals surface area (Å²) in [5.41, 5.74) is 2.26. The molecule has 1 aromatic heterocycles. The molecular formula is C14H15NS. The maximum Gasteiger partial charge on any atom is 0.101 e.